The van der Waals surface area contributed by atoms with Crippen molar-refractivity contribution in [3.63, 3.8) is 0 Å². The first kappa shape index (κ1) is 24.0. The van der Waals surface area contributed by atoms with Crippen molar-refractivity contribution in [2.45, 2.75) is 63.7 Å². The van der Waals surface area contributed by atoms with E-state index in [9.17, 15) is 30.7 Å². The average molecular weight is 478 g/mol. The maximum atomic E-state index is 15.0. The third-order valence-corrected chi connectivity index (χ3v) is 6.83. The number of ether oxygens (including phenoxy) is 2. The van der Waals surface area contributed by atoms with E-state index in [0.717, 1.165) is 31.7 Å². The van der Waals surface area contributed by atoms with Gasteiger partial charge in [-0.2, -0.15) is 26.3 Å². The topological polar surface area (TPSA) is 18.5 Å². The quantitative estimate of drug-likeness (QED) is 0.401. The molecule has 1 aromatic rings. The van der Waals surface area contributed by atoms with E-state index in [1.165, 1.54) is 12.2 Å². The fraction of sp³-hybridized carbons (Fsp3) is 0.583. The van der Waals surface area contributed by atoms with Crippen molar-refractivity contribution in [3.8, 4) is 5.75 Å². The van der Waals surface area contributed by atoms with Crippen LogP contribution in [0.4, 0.5) is 30.7 Å². The summed E-state index contributed by atoms with van der Waals surface area (Å²) in [6.07, 6.45) is -4.56. The maximum Gasteiger partial charge on any atom is 0.420 e. The molecule has 182 valence electrons. The van der Waals surface area contributed by atoms with Gasteiger partial charge in [0.05, 0.1) is 24.7 Å². The largest absolute Gasteiger partial charge is 0.493 e. The molecule has 0 radical (unpaired) electrons. The Morgan fingerprint density at radius 3 is 2.15 bits per heavy atom. The number of hydrogen-bond acceptors (Lipinski definition) is 2. The van der Waals surface area contributed by atoms with E-state index in [-0.39, 0.29) is 30.5 Å². The third kappa shape index (κ3) is 4.35. The molecule has 1 saturated carbocycles. The Labute approximate surface area is 187 Å². The van der Waals surface area contributed by atoms with Gasteiger partial charge >= 0.3 is 12.4 Å². The van der Waals surface area contributed by atoms with E-state index >= 15 is 0 Å². The number of allylic oxidation sites excluding steroid dienone is 3. The van der Waals surface area contributed by atoms with Crippen molar-refractivity contribution in [1.29, 1.82) is 0 Å². The van der Waals surface area contributed by atoms with E-state index in [0.29, 0.717) is 5.92 Å². The van der Waals surface area contributed by atoms with E-state index < -0.39 is 52.5 Å². The molecule has 0 amide bonds. The molecule has 0 heterocycles. The molecule has 0 bridgehead atoms. The zero-order chi connectivity index (χ0) is 24.1. The minimum absolute atomic E-state index is 0.00883. The van der Waals surface area contributed by atoms with Crippen LogP contribution < -0.4 is 4.74 Å². The van der Waals surface area contributed by atoms with Crippen molar-refractivity contribution >= 4 is 0 Å². The highest BCUT2D eigenvalue weighted by molar-refractivity contribution is 5.65. The summed E-state index contributed by atoms with van der Waals surface area (Å²) < 4.78 is 110. The van der Waals surface area contributed by atoms with Crippen LogP contribution >= 0.6 is 0 Å². The standard InChI is InChI=1S/C24H25F7O2/c1-3-32-16-9-8-14-15-10-17(33-11-13-6-4-12(2)5-7-13)20(23(26,27)28)21(24(29,30)31)18(15)19(14)22(16)25/h8-10,12-14,19H,3-7,11H2,1-2H3. The Bertz CT molecular complexity index is 966. The highest BCUT2D eigenvalue weighted by atomic mass is 19.4. The third-order valence-electron chi connectivity index (χ3n) is 6.83. The van der Waals surface area contributed by atoms with Gasteiger partial charge in [-0.15, -0.1) is 0 Å². The lowest BCUT2D eigenvalue weighted by atomic mass is 9.62. The second-order valence-corrected chi connectivity index (χ2v) is 9.07. The summed E-state index contributed by atoms with van der Waals surface area (Å²) in [7, 11) is 0. The van der Waals surface area contributed by atoms with Crippen molar-refractivity contribution in [2.75, 3.05) is 13.2 Å². The first-order valence-electron chi connectivity index (χ1n) is 11.1. The van der Waals surface area contributed by atoms with Gasteiger partial charge in [-0.3, -0.25) is 0 Å². The number of halogens is 7. The molecule has 0 spiro atoms. The van der Waals surface area contributed by atoms with Gasteiger partial charge in [-0.1, -0.05) is 25.8 Å². The van der Waals surface area contributed by atoms with Crippen LogP contribution in [0.3, 0.4) is 0 Å². The van der Waals surface area contributed by atoms with Crippen molar-refractivity contribution in [1.82, 2.24) is 0 Å². The van der Waals surface area contributed by atoms with Gasteiger partial charge in [0.2, 0.25) is 0 Å². The highest BCUT2D eigenvalue weighted by Gasteiger charge is 2.55. The lowest BCUT2D eigenvalue weighted by Crippen LogP contribution is -2.33. The predicted octanol–water partition coefficient (Wildman–Crippen LogP) is 7.90. The van der Waals surface area contributed by atoms with Crippen LogP contribution in [0, 0.1) is 11.8 Å². The first-order chi connectivity index (χ1) is 15.4. The minimum Gasteiger partial charge on any atom is -0.493 e. The fourth-order valence-corrected chi connectivity index (χ4v) is 5.16. The van der Waals surface area contributed by atoms with Crippen LogP contribution in [0.1, 0.15) is 73.6 Å². The van der Waals surface area contributed by atoms with Gasteiger partial charge in [0.25, 0.3) is 0 Å². The van der Waals surface area contributed by atoms with Crippen LogP contribution in [0.2, 0.25) is 0 Å². The highest BCUT2D eigenvalue weighted by Crippen LogP contribution is 2.61. The molecule has 2 unspecified atom stereocenters. The molecule has 3 aliphatic carbocycles. The van der Waals surface area contributed by atoms with E-state index in [1.807, 2.05) is 0 Å². The number of hydrogen-bond donors (Lipinski definition) is 0. The Morgan fingerprint density at radius 1 is 0.939 bits per heavy atom. The molecule has 0 N–H and O–H groups in total. The Morgan fingerprint density at radius 2 is 1.58 bits per heavy atom. The summed E-state index contributed by atoms with van der Waals surface area (Å²) in [5.74, 6) is -3.83. The van der Waals surface area contributed by atoms with Crippen LogP contribution in [0.5, 0.6) is 5.75 Å². The molecule has 3 aliphatic rings. The summed E-state index contributed by atoms with van der Waals surface area (Å²) in [5.41, 5.74) is -4.41. The molecule has 33 heavy (non-hydrogen) atoms. The zero-order valence-corrected chi connectivity index (χ0v) is 18.2. The number of fused-ring (bicyclic) bond motifs is 4. The monoisotopic (exact) mass is 478 g/mol. The Balaban J connectivity index is 1.79. The second kappa shape index (κ2) is 8.55. The van der Waals surface area contributed by atoms with Crippen LogP contribution in [-0.4, -0.2) is 13.2 Å². The average Bonchev–Trinajstić information content (AvgIpc) is 2.71. The molecule has 0 aromatic heterocycles. The summed E-state index contributed by atoms with van der Waals surface area (Å²) >= 11 is 0. The van der Waals surface area contributed by atoms with Crippen molar-refractivity contribution in [3.05, 3.63) is 52.1 Å². The molecule has 1 fully saturated rings. The lowest BCUT2D eigenvalue weighted by Gasteiger charge is -2.42. The number of alkyl halides is 6. The Hall–Kier alpha value is -2.19. The molecule has 2 nitrogen and oxygen atoms in total. The molecule has 0 saturated heterocycles. The number of rotatable bonds is 5. The molecule has 1 aromatic carbocycles. The van der Waals surface area contributed by atoms with E-state index in [4.69, 9.17) is 9.47 Å². The van der Waals surface area contributed by atoms with Crippen LogP contribution in [-0.2, 0) is 17.1 Å². The summed E-state index contributed by atoms with van der Waals surface area (Å²) in [5, 5.41) is 0. The van der Waals surface area contributed by atoms with Crippen molar-refractivity contribution in [2.24, 2.45) is 11.8 Å². The first-order valence-corrected chi connectivity index (χ1v) is 11.1. The lowest BCUT2D eigenvalue weighted by molar-refractivity contribution is -0.164. The summed E-state index contributed by atoms with van der Waals surface area (Å²) in [6.45, 7) is 3.65. The number of benzene rings is 1. The van der Waals surface area contributed by atoms with Crippen LogP contribution in [0.15, 0.2) is 29.8 Å². The fourth-order valence-electron chi connectivity index (χ4n) is 5.16. The van der Waals surface area contributed by atoms with Gasteiger partial charge in [0.15, 0.2) is 11.6 Å². The smallest absolute Gasteiger partial charge is 0.420 e. The van der Waals surface area contributed by atoms with Crippen molar-refractivity contribution < 1.29 is 40.2 Å². The molecular formula is C24H25F7O2. The molecule has 4 rings (SSSR count). The Kier molecular flexibility index (Phi) is 6.20. The normalized spacial score (nSPS) is 27.1. The molecule has 0 aliphatic heterocycles. The van der Waals surface area contributed by atoms with E-state index in [2.05, 4.69) is 6.92 Å². The predicted molar refractivity (Wildman–Crippen MR) is 107 cm³/mol. The zero-order valence-electron chi connectivity index (χ0n) is 18.2. The summed E-state index contributed by atoms with van der Waals surface area (Å²) in [4.78, 5) is 0. The van der Waals surface area contributed by atoms with Gasteiger partial charge in [-0.25, -0.2) is 4.39 Å². The van der Waals surface area contributed by atoms with Gasteiger partial charge in [0.1, 0.15) is 11.3 Å². The minimum atomic E-state index is -5.34. The molecular weight excluding hydrogens is 453 g/mol. The summed E-state index contributed by atoms with van der Waals surface area (Å²) in [6, 6.07) is 1.02. The van der Waals surface area contributed by atoms with Gasteiger partial charge in [-0.05, 0) is 54.9 Å². The van der Waals surface area contributed by atoms with Crippen LogP contribution in [0.25, 0.3) is 0 Å². The van der Waals surface area contributed by atoms with Gasteiger partial charge < -0.3 is 9.47 Å². The van der Waals surface area contributed by atoms with Gasteiger partial charge in [0, 0.05) is 5.92 Å². The molecule has 9 heteroatoms. The molecule has 2 atom stereocenters. The maximum absolute atomic E-state index is 15.0. The SMILES string of the molecule is CCOC1=C(F)C2c3c(cc(OCC4CCC(C)CC4)c(C(F)(F)F)c3C(F)(F)F)C2C=C1. The second-order valence-electron chi connectivity index (χ2n) is 9.07. The van der Waals surface area contributed by atoms with E-state index in [1.54, 1.807) is 6.92 Å².